The highest BCUT2D eigenvalue weighted by atomic mass is 35.5. The van der Waals surface area contributed by atoms with Gasteiger partial charge in [0.15, 0.2) is 0 Å². The van der Waals surface area contributed by atoms with E-state index in [4.69, 9.17) is 0 Å². The molecule has 3 aliphatic heterocycles. The molecule has 0 spiro atoms. The van der Waals surface area contributed by atoms with Crippen molar-refractivity contribution in [1.29, 1.82) is 0 Å². The Bertz CT molecular complexity index is 617. The van der Waals surface area contributed by atoms with Crippen LogP contribution in [-0.2, 0) is 17.8 Å². The van der Waals surface area contributed by atoms with Crippen LogP contribution in [0, 0.1) is 0 Å². The van der Waals surface area contributed by atoms with Gasteiger partial charge in [0.2, 0.25) is 5.91 Å². The zero-order valence-corrected chi connectivity index (χ0v) is 15.9. The number of nitrogens with one attached hydrogen (secondary N) is 1. The Morgan fingerprint density at radius 1 is 1.16 bits per heavy atom. The second-order valence-corrected chi connectivity index (χ2v) is 7.38. The molecule has 3 heterocycles. The Kier molecular flexibility index (Phi) is 6.00. The van der Waals surface area contributed by atoms with Gasteiger partial charge in [-0.15, -0.1) is 12.4 Å². The molecule has 0 radical (unpaired) electrons. The lowest BCUT2D eigenvalue weighted by Gasteiger charge is -2.32. The molecule has 138 valence electrons. The molecule has 1 aromatic rings. The highest BCUT2D eigenvalue weighted by Crippen LogP contribution is 2.28. The quantitative estimate of drug-likeness (QED) is 0.882. The van der Waals surface area contributed by atoms with Gasteiger partial charge in [0.1, 0.15) is 0 Å². The molecule has 1 amide bonds. The number of likely N-dealkylation sites (tertiary alicyclic amines) is 1. The van der Waals surface area contributed by atoms with Gasteiger partial charge in [-0.05, 0) is 30.0 Å². The number of piperazine rings is 1. The minimum atomic E-state index is 0. The molecule has 4 rings (SSSR count). The molecule has 0 saturated carbocycles. The number of amides is 1. The fraction of sp³-hybridized carbons (Fsp3) is 0.632. The average molecular weight is 365 g/mol. The van der Waals surface area contributed by atoms with Gasteiger partial charge in [-0.25, -0.2) is 0 Å². The van der Waals surface area contributed by atoms with Gasteiger partial charge in [0.05, 0.1) is 0 Å². The summed E-state index contributed by atoms with van der Waals surface area (Å²) >= 11 is 0. The van der Waals surface area contributed by atoms with E-state index in [0.29, 0.717) is 6.42 Å². The predicted octanol–water partition coefficient (Wildman–Crippen LogP) is 1.50. The molecule has 0 bridgehead atoms. The molecule has 1 N–H and O–H groups in total. The third-order valence-corrected chi connectivity index (χ3v) is 5.81. The molecule has 3 aliphatic rings. The van der Waals surface area contributed by atoms with Crippen molar-refractivity contribution >= 4 is 24.0 Å². The zero-order chi connectivity index (χ0) is 16.5. The first-order chi connectivity index (χ1) is 11.7. The van der Waals surface area contributed by atoms with Crippen LogP contribution in [0.1, 0.15) is 24.0 Å². The summed E-state index contributed by atoms with van der Waals surface area (Å²) in [5.74, 6) is 0.230. The summed E-state index contributed by atoms with van der Waals surface area (Å²) in [7, 11) is 1.89. The summed E-state index contributed by atoms with van der Waals surface area (Å²) in [6.07, 6.45) is 2.82. The Morgan fingerprint density at radius 2 is 1.96 bits per heavy atom. The number of hydrogen-bond donors (Lipinski definition) is 1. The first-order valence-corrected chi connectivity index (χ1v) is 9.26. The lowest BCUT2D eigenvalue weighted by Crippen LogP contribution is -2.49. The van der Waals surface area contributed by atoms with Crippen molar-refractivity contribution in [2.45, 2.75) is 31.8 Å². The summed E-state index contributed by atoms with van der Waals surface area (Å²) < 4.78 is 0. The fourth-order valence-electron chi connectivity index (χ4n) is 4.37. The van der Waals surface area contributed by atoms with Crippen molar-refractivity contribution in [2.24, 2.45) is 0 Å². The topological polar surface area (TPSA) is 38.8 Å². The summed E-state index contributed by atoms with van der Waals surface area (Å²) in [5.41, 5.74) is 3.81. The van der Waals surface area contributed by atoms with Gasteiger partial charge in [0.25, 0.3) is 0 Å². The van der Waals surface area contributed by atoms with Gasteiger partial charge in [0, 0.05) is 71.0 Å². The number of carbonyl (C=O) groups is 1. The van der Waals surface area contributed by atoms with Gasteiger partial charge >= 0.3 is 0 Å². The van der Waals surface area contributed by atoms with Gasteiger partial charge in [-0.1, -0.05) is 12.1 Å². The molecule has 1 aromatic carbocycles. The van der Waals surface area contributed by atoms with E-state index in [0.717, 1.165) is 37.8 Å². The summed E-state index contributed by atoms with van der Waals surface area (Å²) in [6, 6.07) is 7.38. The van der Waals surface area contributed by atoms with Crippen LogP contribution in [0.5, 0.6) is 0 Å². The number of fused-ring (bicyclic) bond motifs is 1. The highest BCUT2D eigenvalue weighted by molar-refractivity contribution is 5.95. The average Bonchev–Trinajstić information content (AvgIpc) is 3.08. The van der Waals surface area contributed by atoms with E-state index in [1.807, 2.05) is 7.05 Å². The zero-order valence-electron chi connectivity index (χ0n) is 15.0. The molecule has 2 saturated heterocycles. The monoisotopic (exact) mass is 364 g/mol. The Morgan fingerprint density at radius 3 is 2.76 bits per heavy atom. The summed E-state index contributed by atoms with van der Waals surface area (Å²) in [5, 5.41) is 3.44. The SMILES string of the molecule is CN1C(=O)CCc2cc(CN3CCC(N4CCNCC4)C3)ccc21.Cl. The second-order valence-electron chi connectivity index (χ2n) is 7.38. The summed E-state index contributed by atoms with van der Waals surface area (Å²) in [6.45, 7) is 8.07. The lowest BCUT2D eigenvalue weighted by molar-refractivity contribution is -0.118. The van der Waals surface area contributed by atoms with Crippen LogP contribution in [0.2, 0.25) is 0 Å². The highest BCUT2D eigenvalue weighted by Gasteiger charge is 2.28. The number of rotatable bonds is 3. The minimum absolute atomic E-state index is 0. The summed E-state index contributed by atoms with van der Waals surface area (Å²) in [4.78, 5) is 18.9. The van der Waals surface area contributed by atoms with E-state index in [2.05, 4.69) is 33.3 Å². The molecule has 6 heteroatoms. The molecule has 1 unspecified atom stereocenters. The Balaban J connectivity index is 0.00000182. The first-order valence-electron chi connectivity index (χ1n) is 9.26. The minimum Gasteiger partial charge on any atom is -0.315 e. The van der Waals surface area contributed by atoms with E-state index >= 15 is 0 Å². The van der Waals surface area contributed by atoms with Crippen LogP contribution in [0.4, 0.5) is 5.69 Å². The molecule has 0 aliphatic carbocycles. The second kappa shape index (κ2) is 8.04. The molecule has 2 fully saturated rings. The van der Waals surface area contributed by atoms with Crippen molar-refractivity contribution in [3.63, 3.8) is 0 Å². The van der Waals surface area contributed by atoms with E-state index in [-0.39, 0.29) is 18.3 Å². The molecule has 25 heavy (non-hydrogen) atoms. The third kappa shape index (κ3) is 4.00. The number of hydrogen-bond acceptors (Lipinski definition) is 4. The van der Waals surface area contributed by atoms with E-state index in [9.17, 15) is 4.79 Å². The van der Waals surface area contributed by atoms with Crippen LogP contribution in [0.25, 0.3) is 0 Å². The predicted molar refractivity (Wildman–Crippen MR) is 104 cm³/mol. The van der Waals surface area contributed by atoms with Crippen molar-refractivity contribution in [2.75, 3.05) is 51.2 Å². The number of halogens is 1. The Labute approximate surface area is 156 Å². The third-order valence-electron chi connectivity index (χ3n) is 5.81. The smallest absolute Gasteiger partial charge is 0.227 e. The largest absolute Gasteiger partial charge is 0.315 e. The van der Waals surface area contributed by atoms with Crippen LogP contribution >= 0.6 is 12.4 Å². The van der Waals surface area contributed by atoms with Crippen LogP contribution in [0.3, 0.4) is 0 Å². The van der Waals surface area contributed by atoms with E-state index < -0.39 is 0 Å². The van der Waals surface area contributed by atoms with Crippen LogP contribution < -0.4 is 10.2 Å². The van der Waals surface area contributed by atoms with Gasteiger partial charge < -0.3 is 10.2 Å². The van der Waals surface area contributed by atoms with Crippen molar-refractivity contribution in [3.8, 4) is 0 Å². The molecule has 1 atom stereocenters. The molecular weight excluding hydrogens is 336 g/mol. The van der Waals surface area contributed by atoms with Crippen molar-refractivity contribution in [1.82, 2.24) is 15.1 Å². The maximum atomic E-state index is 11.8. The van der Waals surface area contributed by atoms with Crippen molar-refractivity contribution < 1.29 is 4.79 Å². The lowest BCUT2D eigenvalue weighted by atomic mass is 9.99. The Hall–Kier alpha value is -1.14. The normalized spacial score (nSPS) is 24.9. The number of benzene rings is 1. The molecule has 5 nitrogen and oxygen atoms in total. The number of aryl methyl sites for hydroxylation is 1. The number of nitrogens with zero attached hydrogens (tertiary/aromatic N) is 3. The van der Waals surface area contributed by atoms with Crippen molar-refractivity contribution in [3.05, 3.63) is 29.3 Å². The molecule has 0 aromatic heterocycles. The van der Waals surface area contributed by atoms with Gasteiger partial charge in [-0.2, -0.15) is 0 Å². The number of anilines is 1. The van der Waals surface area contributed by atoms with Gasteiger partial charge in [-0.3, -0.25) is 14.6 Å². The number of carbonyl (C=O) groups excluding carboxylic acids is 1. The first kappa shape index (κ1) is 18.6. The molecular formula is C19H29ClN4O. The van der Waals surface area contributed by atoms with Crippen LogP contribution in [0.15, 0.2) is 18.2 Å². The maximum Gasteiger partial charge on any atom is 0.227 e. The van der Waals surface area contributed by atoms with Crippen LogP contribution in [-0.4, -0.2) is 68.1 Å². The standard InChI is InChI=1S/C19H28N4O.ClH/c1-21-18-4-2-15(12-16(18)3-5-19(21)24)13-22-9-6-17(14-22)23-10-7-20-8-11-23;/h2,4,12,17,20H,3,5-11,13-14H2,1H3;1H. The maximum absolute atomic E-state index is 11.8. The fourth-order valence-corrected chi connectivity index (χ4v) is 4.37. The van der Waals surface area contributed by atoms with E-state index in [1.165, 1.54) is 43.7 Å². The van der Waals surface area contributed by atoms with E-state index in [1.54, 1.807) is 4.90 Å².